The normalized spacial score (nSPS) is 12.2. The topological polar surface area (TPSA) is 27.1 Å². The molecule has 0 radical (unpaired) electrons. The Morgan fingerprint density at radius 3 is 2.26 bits per heavy atom. The van der Waals surface area contributed by atoms with Crippen LogP contribution in [0.3, 0.4) is 0 Å². The van der Waals surface area contributed by atoms with E-state index in [0.717, 1.165) is 36.5 Å². The number of aromatic nitrogens is 2. The second kappa shape index (κ2) is 8.09. The molecule has 3 nitrogen and oxygen atoms in total. The molecule has 0 spiro atoms. The largest absolute Gasteiger partial charge is 0.483 e. The lowest BCUT2D eigenvalue weighted by Gasteiger charge is -2.19. The summed E-state index contributed by atoms with van der Waals surface area (Å²) in [6.45, 7) is 3.03. The van der Waals surface area contributed by atoms with Crippen LogP contribution >= 0.6 is 0 Å². The summed E-state index contributed by atoms with van der Waals surface area (Å²) in [5.41, 5.74) is 3.52. The minimum absolute atomic E-state index is 0.0735. The van der Waals surface area contributed by atoms with Crippen molar-refractivity contribution in [3.63, 3.8) is 0 Å². The van der Waals surface area contributed by atoms with E-state index in [2.05, 4.69) is 60.0 Å². The van der Waals surface area contributed by atoms with Gasteiger partial charge in [0.2, 0.25) is 0 Å². The molecule has 0 N–H and O–H groups in total. The summed E-state index contributed by atoms with van der Waals surface area (Å²) in [6, 6.07) is 28.9. The Hall–Kier alpha value is -3.07. The third-order valence-corrected chi connectivity index (χ3v) is 4.83. The average Bonchev–Trinajstić information content (AvgIpc) is 3.10. The molecular formula is C24H24N2O. The Morgan fingerprint density at radius 1 is 0.852 bits per heavy atom. The van der Waals surface area contributed by atoms with Gasteiger partial charge in [-0.1, -0.05) is 67.6 Å². The molecule has 1 unspecified atom stereocenters. The average molecular weight is 356 g/mol. The van der Waals surface area contributed by atoms with Crippen molar-refractivity contribution in [2.24, 2.45) is 0 Å². The van der Waals surface area contributed by atoms with E-state index in [9.17, 15) is 0 Å². The molecule has 1 heterocycles. The van der Waals surface area contributed by atoms with E-state index in [1.807, 2.05) is 36.4 Å². The van der Waals surface area contributed by atoms with Crippen LogP contribution in [-0.2, 0) is 13.0 Å². The number of rotatable bonds is 7. The van der Waals surface area contributed by atoms with Crippen LogP contribution in [0.5, 0.6) is 5.75 Å². The van der Waals surface area contributed by atoms with Crippen molar-refractivity contribution in [3.05, 3.63) is 96.3 Å². The van der Waals surface area contributed by atoms with Crippen LogP contribution in [0.1, 0.15) is 30.8 Å². The second-order valence-electron chi connectivity index (χ2n) is 6.67. The molecule has 1 atom stereocenters. The van der Waals surface area contributed by atoms with E-state index >= 15 is 0 Å². The maximum atomic E-state index is 6.29. The predicted molar refractivity (Wildman–Crippen MR) is 110 cm³/mol. The Morgan fingerprint density at radius 2 is 1.52 bits per heavy atom. The maximum Gasteiger partial charge on any atom is 0.156 e. The molecule has 0 bridgehead atoms. The third-order valence-electron chi connectivity index (χ3n) is 4.83. The van der Waals surface area contributed by atoms with Crippen LogP contribution in [0.4, 0.5) is 0 Å². The van der Waals surface area contributed by atoms with Gasteiger partial charge in [-0.25, -0.2) is 4.98 Å². The highest BCUT2D eigenvalue weighted by Gasteiger charge is 2.20. The van der Waals surface area contributed by atoms with Crippen LogP contribution in [0.2, 0.25) is 0 Å². The number of hydrogen-bond acceptors (Lipinski definition) is 2. The van der Waals surface area contributed by atoms with Crippen LogP contribution < -0.4 is 4.74 Å². The number of imidazole rings is 1. The number of fused-ring (bicyclic) bond motifs is 1. The lowest BCUT2D eigenvalue weighted by Crippen LogP contribution is -2.15. The SMILES string of the molecule is CCC(Oc1ccccc1)c1nc2ccccc2n1CCc1ccccc1. The zero-order chi connectivity index (χ0) is 18.5. The van der Waals surface area contributed by atoms with Gasteiger partial charge in [0.15, 0.2) is 11.9 Å². The van der Waals surface area contributed by atoms with Crippen molar-refractivity contribution in [1.82, 2.24) is 9.55 Å². The van der Waals surface area contributed by atoms with Gasteiger partial charge < -0.3 is 9.30 Å². The first-order valence-corrected chi connectivity index (χ1v) is 9.56. The van der Waals surface area contributed by atoms with Gasteiger partial charge in [0, 0.05) is 6.54 Å². The van der Waals surface area contributed by atoms with Crippen LogP contribution in [0.25, 0.3) is 11.0 Å². The van der Waals surface area contributed by atoms with Gasteiger partial charge >= 0.3 is 0 Å². The van der Waals surface area contributed by atoms with Crippen molar-refractivity contribution in [3.8, 4) is 5.75 Å². The van der Waals surface area contributed by atoms with Crippen LogP contribution in [-0.4, -0.2) is 9.55 Å². The first-order valence-electron chi connectivity index (χ1n) is 9.56. The van der Waals surface area contributed by atoms with Crippen molar-refractivity contribution in [2.45, 2.75) is 32.4 Å². The van der Waals surface area contributed by atoms with Crippen LogP contribution in [0, 0.1) is 0 Å². The molecule has 0 aliphatic carbocycles. The van der Waals surface area contributed by atoms with Gasteiger partial charge in [0.25, 0.3) is 0 Å². The summed E-state index contributed by atoms with van der Waals surface area (Å²) >= 11 is 0. The number of para-hydroxylation sites is 3. The lowest BCUT2D eigenvalue weighted by atomic mass is 10.1. The predicted octanol–water partition coefficient (Wildman–Crippen LogP) is 5.81. The zero-order valence-electron chi connectivity index (χ0n) is 15.6. The van der Waals surface area contributed by atoms with E-state index in [-0.39, 0.29) is 6.10 Å². The fourth-order valence-corrected chi connectivity index (χ4v) is 3.44. The number of hydrogen-bond donors (Lipinski definition) is 0. The monoisotopic (exact) mass is 356 g/mol. The van der Waals surface area contributed by atoms with Gasteiger partial charge in [-0.2, -0.15) is 0 Å². The molecule has 0 amide bonds. The van der Waals surface area contributed by atoms with Gasteiger partial charge in [0.1, 0.15) is 5.75 Å². The molecule has 4 rings (SSSR count). The van der Waals surface area contributed by atoms with E-state index < -0.39 is 0 Å². The fraction of sp³-hybridized carbons (Fsp3) is 0.208. The van der Waals surface area contributed by atoms with Gasteiger partial charge in [-0.3, -0.25) is 0 Å². The molecule has 27 heavy (non-hydrogen) atoms. The summed E-state index contributed by atoms with van der Waals surface area (Å²) in [4.78, 5) is 4.93. The number of aryl methyl sites for hydroxylation is 2. The minimum atomic E-state index is -0.0735. The standard InChI is InChI=1S/C24H24N2O/c1-2-23(27-20-13-7-4-8-14-20)24-25-21-15-9-10-16-22(21)26(24)18-17-19-11-5-3-6-12-19/h3-16,23H,2,17-18H2,1H3. The molecule has 3 heteroatoms. The summed E-state index contributed by atoms with van der Waals surface area (Å²) in [7, 11) is 0. The van der Waals surface area contributed by atoms with Gasteiger partial charge in [-0.15, -0.1) is 0 Å². The molecule has 0 saturated heterocycles. The zero-order valence-corrected chi connectivity index (χ0v) is 15.6. The molecule has 136 valence electrons. The molecule has 3 aromatic carbocycles. The highest BCUT2D eigenvalue weighted by molar-refractivity contribution is 5.76. The number of benzene rings is 3. The van der Waals surface area contributed by atoms with E-state index in [0.29, 0.717) is 0 Å². The lowest BCUT2D eigenvalue weighted by molar-refractivity contribution is 0.186. The molecule has 0 aliphatic heterocycles. The third kappa shape index (κ3) is 3.87. The van der Waals surface area contributed by atoms with E-state index in [1.54, 1.807) is 0 Å². The first kappa shape index (κ1) is 17.3. The van der Waals surface area contributed by atoms with Crippen molar-refractivity contribution in [1.29, 1.82) is 0 Å². The van der Waals surface area contributed by atoms with E-state index in [4.69, 9.17) is 9.72 Å². The quantitative estimate of drug-likeness (QED) is 0.418. The summed E-state index contributed by atoms with van der Waals surface area (Å²) in [5, 5.41) is 0. The van der Waals surface area contributed by atoms with Gasteiger partial charge in [-0.05, 0) is 42.7 Å². The minimum Gasteiger partial charge on any atom is -0.483 e. The Kier molecular flexibility index (Phi) is 5.20. The van der Waals surface area contributed by atoms with Crippen molar-refractivity contribution in [2.75, 3.05) is 0 Å². The Bertz CT molecular complexity index is 993. The molecule has 0 fully saturated rings. The highest BCUT2D eigenvalue weighted by atomic mass is 16.5. The van der Waals surface area contributed by atoms with Crippen LogP contribution in [0.15, 0.2) is 84.9 Å². The van der Waals surface area contributed by atoms with Crippen molar-refractivity contribution >= 4 is 11.0 Å². The molecule has 4 aromatic rings. The summed E-state index contributed by atoms with van der Waals surface area (Å²) in [6.07, 6.45) is 1.76. The van der Waals surface area contributed by atoms with Gasteiger partial charge in [0.05, 0.1) is 11.0 Å². The molecular weight excluding hydrogens is 332 g/mol. The smallest absolute Gasteiger partial charge is 0.156 e. The molecule has 0 saturated carbocycles. The first-order chi connectivity index (χ1) is 13.3. The summed E-state index contributed by atoms with van der Waals surface area (Å²) in [5.74, 6) is 1.88. The molecule has 0 aliphatic rings. The second-order valence-corrected chi connectivity index (χ2v) is 6.67. The summed E-state index contributed by atoms with van der Waals surface area (Å²) < 4.78 is 8.61. The number of nitrogens with zero attached hydrogens (tertiary/aromatic N) is 2. The Balaban J connectivity index is 1.68. The molecule has 1 aromatic heterocycles. The Labute approximate surface area is 160 Å². The van der Waals surface area contributed by atoms with Crippen molar-refractivity contribution < 1.29 is 4.74 Å². The highest BCUT2D eigenvalue weighted by Crippen LogP contribution is 2.27. The fourth-order valence-electron chi connectivity index (χ4n) is 3.44. The number of ether oxygens (including phenoxy) is 1. The van der Waals surface area contributed by atoms with E-state index in [1.165, 1.54) is 11.1 Å². The maximum absolute atomic E-state index is 6.29.